The highest BCUT2D eigenvalue weighted by Crippen LogP contribution is 2.27. The van der Waals surface area contributed by atoms with Crippen molar-refractivity contribution in [1.29, 1.82) is 0 Å². The van der Waals surface area contributed by atoms with E-state index in [0.717, 1.165) is 6.07 Å². The summed E-state index contributed by atoms with van der Waals surface area (Å²) in [7, 11) is -2.65. The first kappa shape index (κ1) is 18.1. The molecule has 0 aliphatic rings. The second-order valence-electron chi connectivity index (χ2n) is 4.63. The number of benzene rings is 2. The molecule has 0 heterocycles. The van der Waals surface area contributed by atoms with E-state index in [0.29, 0.717) is 0 Å². The van der Waals surface area contributed by atoms with E-state index in [1.165, 1.54) is 43.5 Å². The summed E-state index contributed by atoms with van der Waals surface area (Å²) < 4.78 is 72.9. The van der Waals surface area contributed by atoms with E-state index in [1.807, 2.05) is 0 Å². The molecule has 130 valence electrons. The maximum absolute atomic E-state index is 12.4. The summed E-state index contributed by atoms with van der Waals surface area (Å²) in [6.07, 6.45) is -4.86. The lowest BCUT2D eigenvalue weighted by molar-refractivity contribution is -0.274. The van der Waals surface area contributed by atoms with Gasteiger partial charge in [0.15, 0.2) is 0 Å². The van der Waals surface area contributed by atoms with Gasteiger partial charge in [0.1, 0.15) is 16.4 Å². The number of hydrogen-bond donors (Lipinski definition) is 1. The summed E-state index contributed by atoms with van der Waals surface area (Å²) in [5.74, 6) is -0.336. The first-order chi connectivity index (χ1) is 11.2. The molecular formula is C15H14F3NO4S. The van der Waals surface area contributed by atoms with Crippen LogP contribution < -0.4 is 14.2 Å². The van der Waals surface area contributed by atoms with Crippen LogP contribution in [0.1, 0.15) is 5.56 Å². The van der Waals surface area contributed by atoms with Crippen molar-refractivity contribution in [3.8, 4) is 11.5 Å². The third-order valence-corrected chi connectivity index (χ3v) is 4.45. The first-order valence-corrected chi connectivity index (χ1v) is 8.17. The van der Waals surface area contributed by atoms with Gasteiger partial charge in [-0.15, -0.1) is 13.2 Å². The molecule has 24 heavy (non-hydrogen) atoms. The number of para-hydroxylation sites is 2. The van der Waals surface area contributed by atoms with Crippen molar-refractivity contribution in [1.82, 2.24) is 4.72 Å². The molecule has 2 rings (SSSR count). The quantitative estimate of drug-likeness (QED) is 0.859. The molecule has 2 aromatic carbocycles. The molecule has 1 N–H and O–H groups in total. The van der Waals surface area contributed by atoms with Gasteiger partial charge in [0.25, 0.3) is 0 Å². The van der Waals surface area contributed by atoms with Crippen molar-refractivity contribution >= 4 is 10.0 Å². The van der Waals surface area contributed by atoms with Crippen LogP contribution in [0.25, 0.3) is 0 Å². The summed E-state index contributed by atoms with van der Waals surface area (Å²) >= 11 is 0. The van der Waals surface area contributed by atoms with Crippen molar-refractivity contribution in [2.45, 2.75) is 17.8 Å². The summed E-state index contributed by atoms with van der Waals surface area (Å²) in [4.78, 5) is -0.110. The van der Waals surface area contributed by atoms with Crippen LogP contribution in [0.15, 0.2) is 53.4 Å². The molecule has 0 fully saturated rings. The Morgan fingerprint density at radius 2 is 1.58 bits per heavy atom. The van der Waals surface area contributed by atoms with Crippen LogP contribution in [-0.2, 0) is 16.6 Å². The van der Waals surface area contributed by atoms with E-state index in [9.17, 15) is 21.6 Å². The molecule has 0 atom stereocenters. The van der Waals surface area contributed by atoms with Gasteiger partial charge in [0.05, 0.1) is 7.11 Å². The fourth-order valence-electron chi connectivity index (χ4n) is 1.97. The van der Waals surface area contributed by atoms with Gasteiger partial charge in [-0.05, 0) is 18.2 Å². The van der Waals surface area contributed by atoms with Crippen LogP contribution in [0, 0.1) is 0 Å². The molecule has 0 saturated carbocycles. The van der Waals surface area contributed by atoms with Crippen molar-refractivity contribution in [3.05, 3.63) is 54.1 Å². The maximum atomic E-state index is 12.4. The van der Waals surface area contributed by atoms with E-state index in [1.54, 1.807) is 6.07 Å². The van der Waals surface area contributed by atoms with Crippen LogP contribution in [0.4, 0.5) is 13.2 Å². The zero-order chi connectivity index (χ0) is 17.8. The summed E-state index contributed by atoms with van der Waals surface area (Å²) in [6, 6.07) is 11.2. The van der Waals surface area contributed by atoms with E-state index in [-0.39, 0.29) is 22.8 Å². The Morgan fingerprint density at radius 1 is 1.00 bits per heavy atom. The van der Waals surface area contributed by atoms with Gasteiger partial charge < -0.3 is 9.47 Å². The number of nitrogens with one attached hydrogen (secondary N) is 1. The highest BCUT2D eigenvalue weighted by molar-refractivity contribution is 7.89. The van der Waals surface area contributed by atoms with Gasteiger partial charge in [0.2, 0.25) is 10.0 Å². The molecule has 0 saturated heterocycles. The molecule has 0 aromatic heterocycles. The number of rotatable bonds is 6. The Hall–Kier alpha value is -2.26. The maximum Gasteiger partial charge on any atom is 0.573 e. The van der Waals surface area contributed by atoms with Crippen LogP contribution in [0.2, 0.25) is 0 Å². The monoisotopic (exact) mass is 361 g/mol. The molecule has 0 radical (unpaired) electrons. The minimum absolute atomic E-state index is 0.0493. The molecule has 0 unspecified atom stereocenters. The Kier molecular flexibility index (Phi) is 5.35. The molecule has 0 bridgehead atoms. The minimum atomic E-state index is -4.86. The highest BCUT2D eigenvalue weighted by Gasteiger charge is 2.32. The van der Waals surface area contributed by atoms with Crippen molar-refractivity contribution in [2.24, 2.45) is 0 Å². The number of halogens is 3. The fraction of sp³-hybridized carbons (Fsp3) is 0.200. The number of alkyl halides is 3. The highest BCUT2D eigenvalue weighted by atomic mass is 32.2. The molecule has 0 aliphatic carbocycles. The lowest BCUT2D eigenvalue weighted by Crippen LogP contribution is -2.25. The summed E-state index contributed by atoms with van der Waals surface area (Å²) in [5.41, 5.74) is 0.0493. The second kappa shape index (κ2) is 7.10. The van der Waals surface area contributed by atoms with Gasteiger partial charge in [-0.2, -0.15) is 0 Å². The van der Waals surface area contributed by atoms with Crippen LogP contribution in [0.3, 0.4) is 0 Å². The lowest BCUT2D eigenvalue weighted by atomic mass is 10.2. The largest absolute Gasteiger partial charge is 0.573 e. The van der Waals surface area contributed by atoms with Crippen LogP contribution in [0.5, 0.6) is 11.5 Å². The summed E-state index contributed by atoms with van der Waals surface area (Å²) in [6.45, 7) is -0.368. The molecule has 2 aromatic rings. The first-order valence-electron chi connectivity index (χ1n) is 6.69. The van der Waals surface area contributed by atoms with Crippen LogP contribution in [-0.4, -0.2) is 21.9 Å². The topological polar surface area (TPSA) is 64.6 Å². The van der Waals surface area contributed by atoms with Gasteiger partial charge >= 0.3 is 6.36 Å². The third kappa shape index (κ3) is 4.62. The van der Waals surface area contributed by atoms with Crippen molar-refractivity contribution in [2.75, 3.05) is 7.11 Å². The van der Waals surface area contributed by atoms with E-state index >= 15 is 0 Å². The normalized spacial score (nSPS) is 12.0. The molecule has 9 heteroatoms. The molecule has 0 spiro atoms. The number of methoxy groups -OCH3 is 1. The Bertz CT molecular complexity index is 806. The summed E-state index contributed by atoms with van der Waals surface area (Å²) in [5, 5.41) is 0. The zero-order valence-corrected chi connectivity index (χ0v) is 13.3. The van der Waals surface area contributed by atoms with Crippen molar-refractivity contribution in [3.63, 3.8) is 0 Å². The SMILES string of the molecule is COc1ccccc1S(=O)(=O)NCc1ccccc1OC(F)(F)F. The number of hydrogen-bond acceptors (Lipinski definition) is 4. The molecule has 0 aliphatic heterocycles. The Labute approximate surface area is 137 Å². The van der Waals surface area contributed by atoms with Gasteiger partial charge in [-0.1, -0.05) is 30.3 Å². The predicted octanol–water partition coefficient (Wildman–Crippen LogP) is 3.07. The van der Waals surface area contributed by atoms with Crippen molar-refractivity contribution < 1.29 is 31.1 Å². The molecular weight excluding hydrogens is 347 g/mol. The Balaban J connectivity index is 2.22. The van der Waals surface area contributed by atoms with E-state index in [4.69, 9.17) is 4.74 Å². The van der Waals surface area contributed by atoms with Gasteiger partial charge in [0, 0.05) is 12.1 Å². The lowest BCUT2D eigenvalue weighted by Gasteiger charge is -2.14. The number of sulfonamides is 1. The third-order valence-electron chi connectivity index (χ3n) is 3.01. The molecule has 5 nitrogen and oxygen atoms in total. The predicted molar refractivity (Wildman–Crippen MR) is 80.1 cm³/mol. The van der Waals surface area contributed by atoms with Gasteiger partial charge in [-0.3, -0.25) is 0 Å². The van der Waals surface area contributed by atoms with E-state index < -0.39 is 22.1 Å². The van der Waals surface area contributed by atoms with Crippen LogP contribution >= 0.6 is 0 Å². The standard InChI is InChI=1S/C15H14F3NO4S/c1-22-13-8-4-5-9-14(13)24(20,21)19-10-11-6-2-3-7-12(11)23-15(16,17)18/h2-9,19H,10H2,1H3. The minimum Gasteiger partial charge on any atom is -0.495 e. The smallest absolute Gasteiger partial charge is 0.495 e. The fourth-order valence-corrected chi connectivity index (χ4v) is 3.14. The second-order valence-corrected chi connectivity index (χ2v) is 6.37. The average Bonchev–Trinajstić information content (AvgIpc) is 2.52. The number of ether oxygens (including phenoxy) is 2. The molecule has 0 amide bonds. The zero-order valence-electron chi connectivity index (χ0n) is 12.5. The van der Waals surface area contributed by atoms with Gasteiger partial charge in [-0.25, -0.2) is 13.1 Å². The average molecular weight is 361 g/mol. The Morgan fingerprint density at radius 3 is 2.21 bits per heavy atom. The van der Waals surface area contributed by atoms with E-state index in [2.05, 4.69) is 9.46 Å².